The zero-order chi connectivity index (χ0) is 17.0. The summed E-state index contributed by atoms with van der Waals surface area (Å²) in [4.78, 5) is 14.0. The number of hydrogen-bond donors (Lipinski definition) is 1. The Morgan fingerprint density at radius 1 is 1.17 bits per heavy atom. The molecule has 128 valence electrons. The van der Waals surface area contributed by atoms with Crippen LogP contribution in [0.25, 0.3) is 0 Å². The van der Waals surface area contributed by atoms with Crippen LogP contribution in [0.15, 0.2) is 12.1 Å². The fourth-order valence-electron chi connectivity index (χ4n) is 2.58. The van der Waals surface area contributed by atoms with Gasteiger partial charge in [0.15, 0.2) is 11.5 Å². The summed E-state index contributed by atoms with van der Waals surface area (Å²) in [6.07, 6.45) is 2.01. The van der Waals surface area contributed by atoms with E-state index in [1.807, 2.05) is 26.2 Å². The van der Waals surface area contributed by atoms with Gasteiger partial charge in [0, 0.05) is 12.5 Å². The van der Waals surface area contributed by atoms with Gasteiger partial charge in [0.05, 0.1) is 27.4 Å². The third-order valence-electron chi connectivity index (χ3n) is 4.11. The van der Waals surface area contributed by atoms with Gasteiger partial charge in [-0.05, 0) is 44.6 Å². The molecule has 6 nitrogen and oxygen atoms in total. The Bertz CT molecular complexity index is 531. The first-order valence-electron chi connectivity index (χ1n) is 7.75. The van der Waals surface area contributed by atoms with Crippen molar-refractivity contribution in [1.29, 1.82) is 0 Å². The molecule has 1 N–H and O–H groups in total. The summed E-state index contributed by atoms with van der Waals surface area (Å²) in [5, 5.41) is 3.03. The maximum Gasteiger partial charge on any atom is 0.223 e. The van der Waals surface area contributed by atoms with Crippen molar-refractivity contribution in [2.24, 2.45) is 5.92 Å². The highest BCUT2D eigenvalue weighted by Crippen LogP contribution is 2.40. The minimum atomic E-state index is 0.0198. The topological polar surface area (TPSA) is 60.0 Å². The molecule has 0 aromatic heterocycles. The summed E-state index contributed by atoms with van der Waals surface area (Å²) >= 11 is 0. The number of benzene rings is 1. The number of ether oxygens (including phenoxy) is 3. The third kappa shape index (κ3) is 4.07. The number of methoxy groups -OCH3 is 3. The lowest BCUT2D eigenvalue weighted by molar-refractivity contribution is -0.122. The number of hydrogen-bond acceptors (Lipinski definition) is 5. The Balaban J connectivity index is 2.24. The summed E-state index contributed by atoms with van der Waals surface area (Å²) in [6.45, 7) is 0.543. The van der Waals surface area contributed by atoms with E-state index in [2.05, 4.69) is 10.2 Å². The number of rotatable bonds is 8. The van der Waals surface area contributed by atoms with E-state index in [-0.39, 0.29) is 17.9 Å². The molecule has 1 aromatic rings. The van der Waals surface area contributed by atoms with Crippen LogP contribution in [0.5, 0.6) is 17.2 Å². The van der Waals surface area contributed by atoms with Crippen molar-refractivity contribution in [2.45, 2.75) is 18.9 Å². The molecule has 1 aliphatic rings. The normalized spacial score (nSPS) is 15.2. The standard InChI is InChI=1S/C17H26N2O4/c1-19(2)13(10-18-17(20)11-6-7-11)12-8-14(21-3)16(23-5)15(9-12)22-4/h8-9,11,13H,6-7,10H2,1-5H3,(H,18,20). The number of nitrogens with zero attached hydrogens (tertiary/aromatic N) is 1. The number of likely N-dealkylation sites (N-methyl/N-ethyl adjacent to an activating group) is 1. The lowest BCUT2D eigenvalue weighted by atomic mass is 10.0. The largest absolute Gasteiger partial charge is 0.493 e. The van der Waals surface area contributed by atoms with Gasteiger partial charge in [0.1, 0.15) is 0 Å². The van der Waals surface area contributed by atoms with Crippen molar-refractivity contribution in [1.82, 2.24) is 10.2 Å². The highest BCUT2D eigenvalue weighted by atomic mass is 16.5. The lowest BCUT2D eigenvalue weighted by Gasteiger charge is -2.26. The summed E-state index contributed by atoms with van der Waals surface area (Å²) in [5.41, 5.74) is 1.00. The number of amides is 1. The average Bonchev–Trinajstić information content (AvgIpc) is 3.38. The molecule has 1 saturated carbocycles. The molecule has 23 heavy (non-hydrogen) atoms. The molecule has 0 heterocycles. The number of nitrogens with one attached hydrogen (secondary N) is 1. The molecule has 1 aromatic carbocycles. The molecule has 0 spiro atoms. The Hall–Kier alpha value is -1.95. The molecular weight excluding hydrogens is 296 g/mol. The summed E-state index contributed by atoms with van der Waals surface area (Å²) in [5.74, 6) is 2.14. The molecule has 1 fully saturated rings. The first-order valence-corrected chi connectivity index (χ1v) is 7.75. The zero-order valence-electron chi connectivity index (χ0n) is 14.5. The maximum absolute atomic E-state index is 11.9. The van der Waals surface area contributed by atoms with Crippen molar-refractivity contribution in [3.05, 3.63) is 17.7 Å². The summed E-state index contributed by atoms with van der Waals surface area (Å²) in [6, 6.07) is 3.87. The van der Waals surface area contributed by atoms with Crippen LogP contribution in [0.1, 0.15) is 24.4 Å². The van der Waals surface area contributed by atoms with Gasteiger partial charge in [-0.2, -0.15) is 0 Å². The first kappa shape index (κ1) is 17.4. The van der Waals surface area contributed by atoms with Crippen molar-refractivity contribution >= 4 is 5.91 Å². The Labute approximate surface area is 137 Å². The zero-order valence-corrected chi connectivity index (χ0v) is 14.5. The highest BCUT2D eigenvalue weighted by Gasteiger charge is 2.30. The smallest absolute Gasteiger partial charge is 0.223 e. The predicted octanol–water partition coefficient (Wildman–Crippen LogP) is 1.84. The molecule has 1 amide bonds. The van der Waals surface area contributed by atoms with Gasteiger partial charge in [-0.3, -0.25) is 4.79 Å². The van der Waals surface area contributed by atoms with E-state index in [0.29, 0.717) is 23.8 Å². The molecule has 6 heteroatoms. The second kappa shape index (κ2) is 7.55. The Kier molecular flexibility index (Phi) is 5.71. The molecule has 1 unspecified atom stereocenters. The second-order valence-corrected chi connectivity index (χ2v) is 5.96. The van der Waals surface area contributed by atoms with E-state index in [4.69, 9.17) is 14.2 Å². The third-order valence-corrected chi connectivity index (χ3v) is 4.11. The van der Waals surface area contributed by atoms with Gasteiger partial charge in [-0.1, -0.05) is 0 Å². The van der Waals surface area contributed by atoms with E-state index in [9.17, 15) is 4.79 Å². The van der Waals surface area contributed by atoms with Crippen LogP contribution in [-0.2, 0) is 4.79 Å². The van der Waals surface area contributed by atoms with Gasteiger partial charge in [-0.25, -0.2) is 0 Å². The van der Waals surface area contributed by atoms with Crippen LogP contribution in [0.3, 0.4) is 0 Å². The van der Waals surface area contributed by atoms with Gasteiger partial charge < -0.3 is 24.4 Å². The van der Waals surface area contributed by atoms with E-state index in [1.165, 1.54) is 0 Å². The van der Waals surface area contributed by atoms with E-state index in [0.717, 1.165) is 18.4 Å². The lowest BCUT2D eigenvalue weighted by Crippen LogP contribution is -2.35. The Morgan fingerprint density at radius 3 is 2.13 bits per heavy atom. The van der Waals surface area contributed by atoms with Crippen molar-refractivity contribution in [2.75, 3.05) is 42.0 Å². The number of carbonyl (C=O) groups excluding carboxylic acids is 1. The van der Waals surface area contributed by atoms with E-state index < -0.39 is 0 Å². The van der Waals surface area contributed by atoms with Crippen LogP contribution in [0.2, 0.25) is 0 Å². The average molecular weight is 322 g/mol. The minimum absolute atomic E-state index is 0.0198. The SMILES string of the molecule is COc1cc(C(CNC(=O)C2CC2)N(C)C)cc(OC)c1OC. The monoisotopic (exact) mass is 322 g/mol. The van der Waals surface area contributed by atoms with E-state index >= 15 is 0 Å². The number of carbonyl (C=O) groups is 1. The second-order valence-electron chi connectivity index (χ2n) is 5.96. The van der Waals surface area contributed by atoms with Crippen molar-refractivity contribution in [3.63, 3.8) is 0 Å². The molecule has 0 radical (unpaired) electrons. The Morgan fingerprint density at radius 2 is 1.74 bits per heavy atom. The van der Waals surface area contributed by atoms with Gasteiger partial charge >= 0.3 is 0 Å². The van der Waals surface area contributed by atoms with Gasteiger partial charge in [-0.15, -0.1) is 0 Å². The molecule has 2 rings (SSSR count). The van der Waals surface area contributed by atoms with Gasteiger partial charge in [0.2, 0.25) is 11.7 Å². The summed E-state index contributed by atoms with van der Waals surface area (Å²) in [7, 11) is 8.74. The predicted molar refractivity (Wildman–Crippen MR) is 88.3 cm³/mol. The quantitative estimate of drug-likeness (QED) is 0.791. The van der Waals surface area contributed by atoms with Crippen LogP contribution < -0.4 is 19.5 Å². The van der Waals surface area contributed by atoms with Crippen LogP contribution in [0, 0.1) is 5.92 Å². The molecule has 1 aliphatic carbocycles. The van der Waals surface area contributed by atoms with Crippen LogP contribution in [0.4, 0.5) is 0 Å². The fourth-order valence-corrected chi connectivity index (χ4v) is 2.58. The fraction of sp³-hybridized carbons (Fsp3) is 0.588. The maximum atomic E-state index is 11.9. The first-order chi connectivity index (χ1) is 11.0. The van der Waals surface area contributed by atoms with Crippen molar-refractivity contribution < 1.29 is 19.0 Å². The molecule has 1 atom stereocenters. The van der Waals surface area contributed by atoms with Crippen molar-refractivity contribution in [3.8, 4) is 17.2 Å². The molecular formula is C17H26N2O4. The van der Waals surface area contributed by atoms with Crippen LogP contribution in [-0.4, -0.2) is 52.8 Å². The van der Waals surface area contributed by atoms with Crippen LogP contribution >= 0.6 is 0 Å². The minimum Gasteiger partial charge on any atom is -0.493 e. The summed E-state index contributed by atoms with van der Waals surface area (Å²) < 4.78 is 16.2. The molecule has 0 aliphatic heterocycles. The molecule has 0 bridgehead atoms. The molecule has 0 saturated heterocycles. The van der Waals surface area contributed by atoms with E-state index in [1.54, 1.807) is 21.3 Å². The highest BCUT2D eigenvalue weighted by molar-refractivity contribution is 5.80. The van der Waals surface area contributed by atoms with Gasteiger partial charge in [0.25, 0.3) is 0 Å².